The molecule has 0 bridgehead atoms. The van der Waals surface area contributed by atoms with E-state index < -0.39 is 0 Å². The summed E-state index contributed by atoms with van der Waals surface area (Å²) in [5.74, 6) is 2.10. The van der Waals surface area contributed by atoms with Crippen molar-refractivity contribution in [3.05, 3.63) is 33.9 Å². The number of aromatic nitrogens is 2. The highest BCUT2D eigenvalue weighted by atomic mass is 32.1. The van der Waals surface area contributed by atoms with Gasteiger partial charge >= 0.3 is 0 Å². The maximum atomic E-state index is 5.96. The predicted octanol–water partition coefficient (Wildman–Crippen LogP) is 4.13. The molecule has 1 saturated heterocycles. The van der Waals surface area contributed by atoms with Crippen molar-refractivity contribution in [3.8, 4) is 0 Å². The summed E-state index contributed by atoms with van der Waals surface area (Å²) in [6, 6.07) is 0. The highest BCUT2D eigenvalue weighted by Gasteiger charge is 2.27. The molecule has 1 unspecified atom stereocenters. The zero-order valence-corrected chi connectivity index (χ0v) is 16.0. The van der Waals surface area contributed by atoms with Gasteiger partial charge in [-0.1, -0.05) is 34.6 Å². The predicted molar refractivity (Wildman–Crippen MR) is 95.4 cm³/mol. The summed E-state index contributed by atoms with van der Waals surface area (Å²) in [6.45, 7) is 14.0. The van der Waals surface area contributed by atoms with E-state index in [1.807, 2.05) is 6.20 Å². The number of hydrogen-bond donors (Lipinski definition) is 0. The second kappa shape index (κ2) is 6.94. The van der Waals surface area contributed by atoms with Gasteiger partial charge in [0.1, 0.15) is 16.9 Å². The van der Waals surface area contributed by atoms with E-state index in [1.54, 1.807) is 11.3 Å². The molecular formula is C18H27N3O2S. The van der Waals surface area contributed by atoms with Crippen LogP contribution in [0.5, 0.6) is 0 Å². The molecule has 6 heteroatoms. The molecule has 2 aromatic rings. The van der Waals surface area contributed by atoms with Crippen LogP contribution in [0.15, 0.2) is 16.0 Å². The van der Waals surface area contributed by atoms with E-state index in [4.69, 9.17) is 14.1 Å². The fourth-order valence-corrected chi connectivity index (χ4v) is 3.72. The molecule has 0 radical (unpaired) electrons. The normalized spacial score (nSPS) is 20.0. The van der Waals surface area contributed by atoms with E-state index in [0.29, 0.717) is 12.5 Å². The highest BCUT2D eigenvalue weighted by molar-refractivity contribution is 7.09. The van der Waals surface area contributed by atoms with Crippen LogP contribution in [-0.2, 0) is 16.7 Å². The van der Waals surface area contributed by atoms with Gasteiger partial charge in [0.15, 0.2) is 0 Å². The lowest BCUT2D eigenvalue weighted by atomic mass is 9.93. The molecule has 3 rings (SSSR count). The van der Waals surface area contributed by atoms with Crippen molar-refractivity contribution < 1.29 is 9.15 Å². The standard InChI is InChI=1S/C18H27N3O2S/c1-12(2)13-8-19-16(23-13)10-21-6-7-22-14(9-21)17-20-15(11-24-17)18(3,4)5/h8,11-12,14H,6-7,9-10H2,1-5H3. The number of thiazole rings is 1. The lowest BCUT2D eigenvalue weighted by Crippen LogP contribution is -2.37. The maximum Gasteiger partial charge on any atom is 0.208 e. The van der Waals surface area contributed by atoms with Gasteiger partial charge in [-0.25, -0.2) is 9.97 Å². The molecule has 5 nitrogen and oxygen atoms in total. The number of ether oxygens (including phenoxy) is 1. The summed E-state index contributed by atoms with van der Waals surface area (Å²) in [6.07, 6.45) is 1.88. The van der Waals surface area contributed by atoms with E-state index in [2.05, 4.69) is 49.9 Å². The monoisotopic (exact) mass is 349 g/mol. The van der Waals surface area contributed by atoms with Crippen LogP contribution in [-0.4, -0.2) is 34.6 Å². The molecular weight excluding hydrogens is 322 g/mol. The quantitative estimate of drug-likeness (QED) is 0.831. The van der Waals surface area contributed by atoms with Gasteiger partial charge in [0.2, 0.25) is 5.89 Å². The Hall–Kier alpha value is -1.24. The molecule has 2 aromatic heterocycles. The number of rotatable bonds is 4. The summed E-state index contributed by atoms with van der Waals surface area (Å²) in [5, 5.41) is 3.22. The van der Waals surface area contributed by atoms with Gasteiger partial charge in [-0.3, -0.25) is 4.90 Å². The lowest BCUT2D eigenvalue weighted by Gasteiger charge is -2.31. The molecule has 0 aromatic carbocycles. The van der Waals surface area contributed by atoms with Crippen molar-refractivity contribution in [1.29, 1.82) is 0 Å². The van der Waals surface area contributed by atoms with Crippen LogP contribution in [0.4, 0.5) is 0 Å². The third-order valence-electron chi connectivity index (χ3n) is 4.22. The van der Waals surface area contributed by atoms with E-state index in [9.17, 15) is 0 Å². The minimum atomic E-state index is 0.0411. The number of nitrogens with zero attached hydrogens (tertiary/aromatic N) is 3. The molecule has 1 aliphatic heterocycles. The Kier molecular flexibility index (Phi) is 5.08. The fraction of sp³-hybridized carbons (Fsp3) is 0.667. The minimum absolute atomic E-state index is 0.0411. The van der Waals surface area contributed by atoms with E-state index in [-0.39, 0.29) is 11.5 Å². The van der Waals surface area contributed by atoms with Crippen molar-refractivity contribution >= 4 is 11.3 Å². The molecule has 132 valence electrons. The lowest BCUT2D eigenvalue weighted by molar-refractivity contribution is -0.0354. The van der Waals surface area contributed by atoms with E-state index in [1.165, 1.54) is 0 Å². The zero-order valence-electron chi connectivity index (χ0n) is 15.2. The highest BCUT2D eigenvalue weighted by Crippen LogP contribution is 2.30. The molecule has 0 aliphatic carbocycles. The Morgan fingerprint density at radius 1 is 1.38 bits per heavy atom. The van der Waals surface area contributed by atoms with Crippen LogP contribution in [0, 0.1) is 0 Å². The first kappa shape index (κ1) is 17.6. The summed E-state index contributed by atoms with van der Waals surface area (Å²) in [7, 11) is 0. The Morgan fingerprint density at radius 3 is 2.79 bits per heavy atom. The first-order chi connectivity index (χ1) is 11.3. The van der Waals surface area contributed by atoms with Gasteiger partial charge in [-0.05, 0) is 0 Å². The van der Waals surface area contributed by atoms with Crippen LogP contribution >= 0.6 is 11.3 Å². The summed E-state index contributed by atoms with van der Waals surface area (Å²) in [5.41, 5.74) is 1.21. The van der Waals surface area contributed by atoms with Crippen molar-refractivity contribution in [3.63, 3.8) is 0 Å². The second-order valence-corrected chi connectivity index (χ2v) is 8.62. The average molecular weight is 350 g/mol. The first-order valence-corrected chi connectivity index (χ1v) is 9.45. The number of hydrogen-bond acceptors (Lipinski definition) is 6. The molecule has 1 atom stereocenters. The number of morpholine rings is 1. The average Bonchev–Trinajstić information content (AvgIpc) is 3.16. The number of oxazole rings is 1. The third kappa shape index (κ3) is 4.05. The molecule has 0 saturated carbocycles. The maximum absolute atomic E-state index is 5.96. The molecule has 0 N–H and O–H groups in total. The zero-order chi connectivity index (χ0) is 17.3. The molecule has 1 fully saturated rings. The van der Waals surface area contributed by atoms with Gasteiger partial charge in [0.05, 0.1) is 25.0 Å². The van der Waals surface area contributed by atoms with Gasteiger partial charge in [-0.15, -0.1) is 11.3 Å². The van der Waals surface area contributed by atoms with Crippen LogP contribution in [0.1, 0.15) is 69.0 Å². The Morgan fingerprint density at radius 2 is 2.17 bits per heavy atom. The second-order valence-electron chi connectivity index (χ2n) is 7.73. The third-order valence-corrected chi connectivity index (χ3v) is 5.15. The topological polar surface area (TPSA) is 51.4 Å². The minimum Gasteiger partial charge on any atom is -0.444 e. The molecule has 24 heavy (non-hydrogen) atoms. The van der Waals surface area contributed by atoms with Crippen molar-refractivity contribution in [2.45, 2.75) is 58.6 Å². The largest absolute Gasteiger partial charge is 0.444 e. The van der Waals surface area contributed by atoms with Crippen molar-refractivity contribution in [2.24, 2.45) is 0 Å². The van der Waals surface area contributed by atoms with Crippen molar-refractivity contribution in [1.82, 2.24) is 14.9 Å². The Balaban J connectivity index is 1.64. The van der Waals surface area contributed by atoms with Gasteiger partial charge in [-0.2, -0.15) is 0 Å². The smallest absolute Gasteiger partial charge is 0.208 e. The van der Waals surface area contributed by atoms with Gasteiger partial charge in [0.25, 0.3) is 0 Å². The van der Waals surface area contributed by atoms with Crippen LogP contribution in [0.2, 0.25) is 0 Å². The van der Waals surface area contributed by atoms with Crippen LogP contribution < -0.4 is 0 Å². The molecule has 0 amide bonds. The SMILES string of the molecule is CC(C)c1cnc(CN2CCOC(c3nc(C(C)(C)C)cs3)C2)o1. The van der Waals surface area contributed by atoms with Crippen LogP contribution in [0.25, 0.3) is 0 Å². The fourth-order valence-electron chi connectivity index (χ4n) is 2.63. The summed E-state index contributed by atoms with van der Waals surface area (Å²) < 4.78 is 11.8. The Bertz CT molecular complexity index is 672. The van der Waals surface area contributed by atoms with Gasteiger partial charge < -0.3 is 9.15 Å². The van der Waals surface area contributed by atoms with E-state index in [0.717, 1.165) is 42.0 Å². The van der Waals surface area contributed by atoms with Gasteiger partial charge in [0, 0.05) is 29.8 Å². The summed E-state index contributed by atoms with van der Waals surface area (Å²) in [4.78, 5) is 11.5. The first-order valence-electron chi connectivity index (χ1n) is 8.57. The van der Waals surface area contributed by atoms with Crippen LogP contribution in [0.3, 0.4) is 0 Å². The molecule has 3 heterocycles. The van der Waals surface area contributed by atoms with Crippen molar-refractivity contribution in [2.75, 3.05) is 19.7 Å². The van der Waals surface area contributed by atoms with E-state index >= 15 is 0 Å². The molecule has 0 spiro atoms. The molecule has 1 aliphatic rings. The summed E-state index contributed by atoms with van der Waals surface area (Å²) >= 11 is 1.70. The Labute approximate surface area is 148 Å².